The van der Waals surface area contributed by atoms with Crippen molar-refractivity contribution in [3.05, 3.63) is 88.4 Å². The molecule has 0 aliphatic heterocycles. The molecule has 0 aliphatic carbocycles. The lowest BCUT2D eigenvalue weighted by atomic mass is 10.1. The molecule has 0 radical (unpaired) electrons. The van der Waals surface area contributed by atoms with Crippen LogP contribution >= 0.6 is 23.2 Å². The fourth-order valence-corrected chi connectivity index (χ4v) is 4.92. The number of amides is 2. The normalized spacial score (nSPS) is 12.0. The van der Waals surface area contributed by atoms with E-state index in [1.165, 1.54) is 30.3 Å². The van der Waals surface area contributed by atoms with E-state index < -0.39 is 22.5 Å². The highest BCUT2D eigenvalue weighted by Gasteiger charge is 2.28. The van der Waals surface area contributed by atoms with Gasteiger partial charge in [-0.15, -0.1) is 0 Å². The van der Waals surface area contributed by atoms with Gasteiger partial charge in [0.05, 0.1) is 21.8 Å². The third-order valence-electron chi connectivity index (χ3n) is 5.22. The molecular formula is C25H25Cl2N3O4S. The van der Waals surface area contributed by atoms with Gasteiger partial charge in [-0.1, -0.05) is 48.3 Å². The van der Waals surface area contributed by atoms with Crippen molar-refractivity contribution in [1.82, 2.24) is 5.32 Å². The van der Waals surface area contributed by atoms with Crippen molar-refractivity contribution in [2.24, 2.45) is 0 Å². The fraction of sp³-hybridized carbons (Fsp3) is 0.200. The van der Waals surface area contributed by atoms with Crippen LogP contribution in [0.5, 0.6) is 0 Å². The van der Waals surface area contributed by atoms with Crippen molar-refractivity contribution in [3.8, 4) is 0 Å². The second-order valence-electron chi connectivity index (χ2n) is 7.82. The molecule has 0 aliphatic rings. The van der Waals surface area contributed by atoms with Gasteiger partial charge in [-0.3, -0.25) is 13.9 Å². The first-order valence-electron chi connectivity index (χ1n) is 10.9. The lowest BCUT2D eigenvalue weighted by Gasteiger charge is -2.24. The van der Waals surface area contributed by atoms with Crippen LogP contribution in [0.15, 0.2) is 77.7 Å². The number of para-hydroxylation sites is 1. The predicted molar refractivity (Wildman–Crippen MR) is 140 cm³/mol. The molecule has 3 aromatic carbocycles. The maximum absolute atomic E-state index is 13.5. The summed E-state index contributed by atoms with van der Waals surface area (Å²) in [5.41, 5.74) is 0.759. The van der Waals surface area contributed by atoms with Crippen molar-refractivity contribution >= 4 is 56.4 Å². The summed E-state index contributed by atoms with van der Waals surface area (Å²) in [6, 6.07) is 18.3. The Balaban J connectivity index is 1.91. The van der Waals surface area contributed by atoms with Gasteiger partial charge in [-0.2, -0.15) is 0 Å². The summed E-state index contributed by atoms with van der Waals surface area (Å²) in [5.74, 6) is -0.970. The van der Waals surface area contributed by atoms with Crippen LogP contribution in [0.2, 0.25) is 10.0 Å². The third kappa shape index (κ3) is 6.75. The summed E-state index contributed by atoms with van der Waals surface area (Å²) in [4.78, 5) is 25.7. The molecule has 0 aromatic heterocycles. The first kappa shape index (κ1) is 26.5. The molecule has 10 heteroatoms. The topological polar surface area (TPSA) is 95.6 Å². The molecule has 7 nitrogen and oxygen atoms in total. The van der Waals surface area contributed by atoms with Gasteiger partial charge in [0.25, 0.3) is 15.9 Å². The summed E-state index contributed by atoms with van der Waals surface area (Å²) < 4.78 is 27.9. The Morgan fingerprint density at radius 1 is 0.943 bits per heavy atom. The van der Waals surface area contributed by atoms with Crippen molar-refractivity contribution in [1.29, 1.82) is 0 Å². The number of hydrogen-bond donors (Lipinski definition) is 2. The van der Waals surface area contributed by atoms with Crippen LogP contribution in [0.3, 0.4) is 0 Å². The van der Waals surface area contributed by atoms with E-state index in [9.17, 15) is 18.0 Å². The number of benzene rings is 3. The van der Waals surface area contributed by atoms with Crippen LogP contribution in [-0.2, 0) is 14.8 Å². The number of anilines is 2. The van der Waals surface area contributed by atoms with Gasteiger partial charge in [0, 0.05) is 16.1 Å². The lowest BCUT2D eigenvalue weighted by Crippen LogP contribution is -2.38. The fourth-order valence-electron chi connectivity index (χ4n) is 3.19. The van der Waals surface area contributed by atoms with Crippen molar-refractivity contribution in [2.75, 3.05) is 16.2 Å². The van der Waals surface area contributed by atoms with Crippen LogP contribution in [0, 0.1) is 0 Å². The first-order valence-corrected chi connectivity index (χ1v) is 13.0. The van der Waals surface area contributed by atoms with Gasteiger partial charge in [0.15, 0.2) is 0 Å². The zero-order valence-corrected chi connectivity index (χ0v) is 21.5. The van der Waals surface area contributed by atoms with Crippen LogP contribution in [0.4, 0.5) is 11.4 Å². The van der Waals surface area contributed by atoms with E-state index in [0.717, 1.165) is 10.7 Å². The lowest BCUT2D eigenvalue weighted by molar-refractivity contribution is -0.114. The Morgan fingerprint density at radius 2 is 1.63 bits per heavy atom. The van der Waals surface area contributed by atoms with E-state index in [-0.39, 0.29) is 33.8 Å². The van der Waals surface area contributed by atoms with E-state index in [1.54, 1.807) is 42.5 Å². The second kappa shape index (κ2) is 11.6. The number of halogens is 2. The van der Waals surface area contributed by atoms with E-state index in [0.29, 0.717) is 10.0 Å². The maximum Gasteiger partial charge on any atom is 0.264 e. The molecule has 0 saturated heterocycles. The van der Waals surface area contributed by atoms with Crippen LogP contribution in [0.1, 0.15) is 30.6 Å². The number of nitrogens with one attached hydrogen (secondary N) is 2. The molecule has 35 heavy (non-hydrogen) atoms. The van der Waals surface area contributed by atoms with Gasteiger partial charge in [-0.25, -0.2) is 8.42 Å². The van der Waals surface area contributed by atoms with Crippen LogP contribution in [-0.4, -0.2) is 32.8 Å². The molecule has 0 saturated carbocycles. The molecule has 0 unspecified atom stereocenters. The highest BCUT2D eigenvalue weighted by molar-refractivity contribution is 7.92. The minimum atomic E-state index is -4.14. The van der Waals surface area contributed by atoms with Crippen LogP contribution < -0.4 is 14.9 Å². The molecule has 0 spiro atoms. The number of sulfonamides is 1. The number of nitrogens with zero attached hydrogens (tertiary/aromatic N) is 1. The Morgan fingerprint density at radius 3 is 2.29 bits per heavy atom. The molecule has 0 heterocycles. The summed E-state index contributed by atoms with van der Waals surface area (Å²) in [7, 11) is -4.14. The molecule has 3 rings (SSSR count). The largest absolute Gasteiger partial charge is 0.350 e. The molecule has 2 N–H and O–H groups in total. The monoisotopic (exact) mass is 533 g/mol. The van der Waals surface area contributed by atoms with Gasteiger partial charge in [0.1, 0.15) is 6.54 Å². The zero-order valence-electron chi connectivity index (χ0n) is 19.2. The van der Waals surface area contributed by atoms with E-state index >= 15 is 0 Å². The minimum absolute atomic E-state index is 0.0389. The molecule has 2 amide bonds. The zero-order chi connectivity index (χ0) is 25.6. The van der Waals surface area contributed by atoms with Gasteiger partial charge in [0.2, 0.25) is 5.91 Å². The van der Waals surface area contributed by atoms with Crippen molar-refractivity contribution in [3.63, 3.8) is 0 Å². The Labute approximate surface area is 215 Å². The summed E-state index contributed by atoms with van der Waals surface area (Å²) in [6.45, 7) is 3.28. The average molecular weight is 534 g/mol. The van der Waals surface area contributed by atoms with Gasteiger partial charge in [-0.05, 0) is 67.9 Å². The molecule has 0 bridgehead atoms. The molecular weight excluding hydrogens is 509 g/mol. The molecule has 1 atom stereocenters. The van der Waals surface area contributed by atoms with E-state index in [2.05, 4.69) is 10.6 Å². The summed E-state index contributed by atoms with van der Waals surface area (Å²) in [5, 5.41) is 6.22. The Kier molecular flexibility index (Phi) is 8.77. The number of rotatable bonds is 9. The quantitative estimate of drug-likeness (QED) is 0.387. The molecule has 0 fully saturated rings. The minimum Gasteiger partial charge on any atom is -0.350 e. The number of carbonyl (C=O) groups is 2. The van der Waals surface area contributed by atoms with Crippen molar-refractivity contribution < 1.29 is 18.0 Å². The molecule has 184 valence electrons. The Bertz CT molecular complexity index is 1310. The second-order valence-corrected chi connectivity index (χ2v) is 10.6. The standard InChI is InChI=1S/C25H25Cl2N3O4S/c1-3-17(2)28-25(32)22-9-4-5-10-23(22)29-24(31)16-30(20-8-6-7-19(27)15-20)35(33,34)21-13-11-18(26)12-14-21/h4-15,17H,3,16H2,1-2H3,(H,28,32)(H,29,31)/t17-/m1/s1. The number of hydrogen-bond acceptors (Lipinski definition) is 4. The summed E-state index contributed by atoms with van der Waals surface area (Å²) in [6.07, 6.45) is 0.747. The first-order chi connectivity index (χ1) is 16.6. The molecule has 3 aromatic rings. The highest BCUT2D eigenvalue weighted by Crippen LogP contribution is 2.27. The van der Waals surface area contributed by atoms with Gasteiger partial charge < -0.3 is 10.6 Å². The highest BCUT2D eigenvalue weighted by atomic mass is 35.5. The predicted octanol–water partition coefficient (Wildman–Crippen LogP) is 5.36. The van der Waals surface area contributed by atoms with E-state index in [4.69, 9.17) is 23.2 Å². The van der Waals surface area contributed by atoms with Crippen LogP contribution in [0.25, 0.3) is 0 Å². The summed E-state index contributed by atoms with van der Waals surface area (Å²) >= 11 is 12.0. The maximum atomic E-state index is 13.5. The van der Waals surface area contributed by atoms with Crippen molar-refractivity contribution in [2.45, 2.75) is 31.2 Å². The smallest absolute Gasteiger partial charge is 0.264 e. The third-order valence-corrected chi connectivity index (χ3v) is 7.50. The Hall–Kier alpha value is -3.07. The average Bonchev–Trinajstić information content (AvgIpc) is 2.83. The SMILES string of the molecule is CC[C@@H](C)NC(=O)c1ccccc1NC(=O)CN(c1cccc(Cl)c1)S(=O)(=O)c1ccc(Cl)cc1. The number of carbonyl (C=O) groups excluding carboxylic acids is 2. The van der Waals surface area contributed by atoms with Gasteiger partial charge >= 0.3 is 0 Å². The van der Waals surface area contributed by atoms with E-state index in [1.807, 2.05) is 13.8 Å².